The van der Waals surface area contributed by atoms with Crippen molar-refractivity contribution in [2.75, 3.05) is 0 Å². The maximum absolute atomic E-state index is 14.5. The lowest BCUT2D eigenvalue weighted by Crippen LogP contribution is -2.59. The van der Waals surface area contributed by atoms with Crippen LogP contribution in [0.25, 0.3) is 0 Å². The van der Waals surface area contributed by atoms with E-state index >= 15 is 0 Å². The van der Waals surface area contributed by atoms with Gasteiger partial charge in [-0.05, 0) is 22.1 Å². The molecule has 0 bridgehead atoms. The van der Waals surface area contributed by atoms with Crippen LogP contribution < -0.4 is 10.6 Å². The van der Waals surface area contributed by atoms with Crippen molar-refractivity contribution in [1.29, 1.82) is 0 Å². The van der Waals surface area contributed by atoms with Crippen LogP contribution in [-0.2, 0) is 0 Å². The normalized spacial score (nSPS) is 12.8. The predicted molar refractivity (Wildman–Crippen MR) is 82.3 cm³/mol. The fourth-order valence-corrected chi connectivity index (χ4v) is 10.6. The third kappa shape index (κ3) is 2.56. The van der Waals surface area contributed by atoms with E-state index in [4.69, 9.17) is 7.85 Å². The van der Waals surface area contributed by atoms with E-state index in [2.05, 4.69) is 0 Å². The summed E-state index contributed by atoms with van der Waals surface area (Å²) in [5.41, 5.74) is -1.33. The van der Waals surface area contributed by atoms with Gasteiger partial charge in [0.2, 0.25) is 0 Å². The van der Waals surface area contributed by atoms with Gasteiger partial charge < -0.3 is 0 Å². The van der Waals surface area contributed by atoms with Gasteiger partial charge in [-0.3, -0.25) is 0 Å². The van der Waals surface area contributed by atoms with Crippen LogP contribution in [0.4, 0.5) is 17.6 Å². The molecule has 0 saturated carbocycles. The van der Waals surface area contributed by atoms with Crippen molar-refractivity contribution in [3.63, 3.8) is 0 Å². The van der Waals surface area contributed by atoms with Gasteiger partial charge in [-0.15, -0.1) is 0 Å². The fourth-order valence-electron chi connectivity index (χ4n) is 3.89. The van der Waals surface area contributed by atoms with Crippen molar-refractivity contribution < 1.29 is 17.6 Å². The molecule has 0 unspecified atom stereocenters. The minimum absolute atomic E-state index is 0.0797. The Morgan fingerprint density at radius 3 is 1.19 bits per heavy atom. The highest BCUT2D eigenvalue weighted by Gasteiger charge is 2.49. The minimum atomic E-state index is -2.86. The highest BCUT2D eigenvalue weighted by atomic mass is 28.3. The van der Waals surface area contributed by atoms with Crippen LogP contribution in [0.15, 0.2) is 0 Å². The molecule has 0 aliphatic heterocycles. The van der Waals surface area contributed by atoms with Crippen molar-refractivity contribution in [1.82, 2.24) is 0 Å². The van der Waals surface area contributed by atoms with E-state index in [0.29, 0.717) is 0 Å². The highest BCUT2D eigenvalue weighted by molar-refractivity contribution is 6.95. The topological polar surface area (TPSA) is 0 Å². The zero-order valence-corrected chi connectivity index (χ0v) is 14.3. The molecule has 2 radical (unpaired) electrons. The Morgan fingerprint density at radius 2 is 0.952 bits per heavy atom. The monoisotopic (exact) mass is 316 g/mol. The van der Waals surface area contributed by atoms with Gasteiger partial charge in [-0.2, -0.15) is 0 Å². The summed E-state index contributed by atoms with van der Waals surface area (Å²) in [5.74, 6) is -5.62. The van der Waals surface area contributed by atoms with Gasteiger partial charge in [-0.25, -0.2) is 17.6 Å². The van der Waals surface area contributed by atoms with Crippen LogP contribution in [0.2, 0.25) is 16.6 Å². The Labute approximate surface area is 126 Å². The molecule has 0 aliphatic rings. The molecule has 1 rings (SSSR count). The van der Waals surface area contributed by atoms with Crippen LogP contribution in [0.1, 0.15) is 41.5 Å². The standard InChI is InChI=1S/C15H21BF4Si/c1-7(2)21(8(3)4,9(5)6)15-13(19)11(17)10(16)12(18)14(15)20/h7-9H,1-6H3. The molecule has 0 nitrogen and oxygen atoms in total. The Kier molecular flexibility index (Phi) is 5.35. The van der Waals surface area contributed by atoms with Crippen molar-refractivity contribution in [3.05, 3.63) is 23.3 Å². The third-order valence-electron chi connectivity index (χ3n) is 4.60. The van der Waals surface area contributed by atoms with E-state index in [1.165, 1.54) is 0 Å². The molecule has 0 aromatic heterocycles. The van der Waals surface area contributed by atoms with Gasteiger partial charge in [0.1, 0.15) is 15.9 Å². The lowest BCUT2D eigenvalue weighted by molar-refractivity contribution is 0.470. The van der Waals surface area contributed by atoms with Crippen molar-refractivity contribution in [2.45, 2.75) is 58.2 Å². The Morgan fingerprint density at radius 1 is 0.667 bits per heavy atom. The van der Waals surface area contributed by atoms with Crippen LogP contribution in [0.5, 0.6) is 0 Å². The third-order valence-corrected chi connectivity index (χ3v) is 11.6. The molecule has 1 aromatic rings. The molecule has 1 aromatic carbocycles. The van der Waals surface area contributed by atoms with Gasteiger partial charge in [0, 0.05) is 5.19 Å². The average Bonchev–Trinajstić information content (AvgIpc) is 2.37. The molecule has 116 valence electrons. The lowest BCUT2D eigenvalue weighted by Gasteiger charge is -2.43. The summed E-state index contributed by atoms with van der Waals surface area (Å²) in [7, 11) is 2.25. The van der Waals surface area contributed by atoms with Crippen molar-refractivity contribution in [3.8, 4) is 0 Å². The molecule has 0 atom stereocenters. The summed E-state index contributed by atoms with van der Waals surface area (Å²) < 4.78 is 56.6. The van der Waals surface area contributed by atoms with Gasteiger partial charge >= 0.3 is 0 Å². The largest absolute Gasteiger partial charge is 0.204 e. The second-order valence-corrected chi connectivity index (χ2v) is 12.3. The summed E-state index contributed by atoms with van der Waals surface area (Å²) in [6.45, 7) is 11.2. The van der Waals surface area contributed by atoms with Crippen LogP contribution in [0, 0.1) is 23.3 Å². The first-order valence-electron chi connectivity index (χ1n) is 7.12. The average molecular weight is 316 g/mol. The van der Waals surface area contributed by atoms with E-state index in [0.717, 1.165) is 0 Å². The number of hydrogen-bond acceptors (Lipinski definition) is 0. The highest BCUT2D eigenvalue weighted by Crippen LogP contribution is 2.42. The van der Waals surface area contributed by atoms with Gasteiger partial charge in [-0.1, -0.05) is 41.5 Å². The Balaban J connectivity index is 3.93. The summed E-state index contributed by atoms with van der Waals surface area (Å²) in [5, 5.41) is -0.397. The molecule has 0 aliphatic carbocycles. The van der Waals surface area contributed by atoms with Gasteiger partial charge in [0.25, 0.3) is 0 Å². The SMILES string of the molecule is [B]c1c(F)c(F)c([Si](C(C)C)(C(C)C)C(C)C)c(F)c1F. The summed E-state index contributed by atoms with van der Waals surface area (Å²) in [4.78, 5) is 0. The first kappa shape index (κ1) is 18.3. The molecular weight excluding hydrogens is 295 g/mol. The number of rotatable bonds is 4. The van der Waals surface area contributed by atoms with Crippen molar-refractivity contribution >= 4 is 26.6 Å². The molecule has 0 heterocycles. The second kappa shape index (κ2) is 6.15. The number of benzene rings is 1. The Hall–Kier alpha value is -0.778. The first-order valence-corrected chi connectivity index (χ1v) is 9.36. The number of halogens is 4. The molecule has 0 fully saturated rings. The molecule has 0 amide bonds. The second-order valence-electron chi connectivity index (χ2n) is 6.44. The molecule has 6 heteroatoms. The van der Waals surface area contributed by atoms with E-state index in [9.17, 15) is 17.6 Å². The maximum Gasteiger partial charge on any atom is 0.160 e. The summed E-state index contributed by atoms with van der Waals surface area (Å²) >= 11 is 0. The van der Waals surface area contributed by atoms with E-state index in [-0.39, 0.29) is 16.6 Å². The van der Waals surface area contributed by atoms with Crippen molar-refractivity contribution in [2.24, 2.45) is 0 Å². The fraction of sp³-hybridized carbons (Fsp3) is 0.600. The summed E-state index contributed by atoms with van der Waals surface area (Å²) in [6, 6.07) is 0. The maximum atomic E-state index is 14.5. The first-order chi connectivity index (χ1) is 9.51. The summed E-state index contributed by atoms with van der Waals surface area (Å²) in [6.07, 6.45) is 0. The zero-order valence-electron chi connectivity index (χ0n) is 13.3. The van der Waals surface area contributed by atoms with E-state index in [1.54, 1.807) is 0 Å². The van der Waals surface area contributed by atoms with Crippen LogP contribution >= 0.6 is 0 Å². The molecule has 0 saturated heterocycles. The molecule has 0 spiro atoms. The van der Waals surface area contributed by atoms with Gasteiger partial charge in [0.05, 0.1) is 0 Å². The van der Waals surface area contributed by atoms with E-state index < -0.39 is 42.0 Å². The van der Waals surface area contributed by atoms with Crippen LogP contribution in [0.3, 0.4) is 0 Å². The zero-order chi connectivity index (χ0) is 16.7. The predicted octanol–water partition coefficient (Wildman–Crippen LogP) is 3.92. The molecule has 21 heavy (non-hydrogen) atoms. The Bertz CT molecular complexity index is 490. The van der Waals surface area contributed by atoms with Gasteiger partial charge in [0.15, 0.2) is 23.3 Å². The quantitative estimate of drug-likeness (QED) is 0.449. The molecule has 0 N–H and O–H groups in total. The lowest BCUT2D eigenvalue weighted by atomic mass is 9.94. The minimum Gasteiger partial charge on any atom is -0.204 e. The smallest absolute Gasteiger partial charge is 0.160 e. The molecular formula is C15H21BF4Si. The van der Waals surface area contributed by atoms with Crippen LogP contribution in [-0.4, -0.2) is 15.9 Å². The van der Waals surface area contributed by atoms with E-state index in [1.807, 2.05) is 41.5 Å². The number of hydrogen-bond donors (Lipinski definition) is 0.